The van der Waals surface area contributed by atoms with Crippen LogP contribution in [-0.2, 0) is 0 Å². The van der Waals surface area contributed by atoms with E-state index in [0.717, 1.165) is 19.6 Å². The average Bonchev–Trinajstić information content (AvgIpc) is 2.56. The van der Waals surface area contributed by atoms with Crippen molar-refractivity contribution in [1.82, 2.24) is 15.5 Å². The van der Waals surface area contributed by atoms with Crippen LogP contribution in [0.25, 0.3) is 0 Å². The second kappa shape index (κ2) is 3.67. The maximum absolute atomic E-state index is 11.9. The fourth-order valence-electron chi connectivity index (χ4n) is 2.41. The van der Waals surface area contributed by atoms with E-state index in [1.54, 1.807) is 0 Å². The molecule has 86 valence electrons. The molecule has 2 aliphatic heterocycles. The number of urea groups is 1. The molecule has 0 aromatic heterocycles. The van der Waals surface area contributed by atoms with Crippen LogP contribution in [0.4, 0.5) is 4.79 Å². The largest absolute Gasteiger partial charge is 0.333 e. The first-order valence-electron chi connectivity index (χ1n) is 5.76. The lowest BCUT2D eigenvalue weighted by atomic mass is 10.1. The molecule has 2 rings (SSSR count). The zero-order chi connectivity index (χ0) is 11.1. The van der Waals surface area contributed by atoms with Gasteiger partial charge >= 0.3 is 6.03 Å². The van der Waals surface area contributed by atoms with Crippen molar-refractivity contribution in [2.75, 3.05) is 19.6 Å². The van der Waals surface area contributed by atoms with Crippen molar-refractivity contribution in [2.24, 2.45) is 5.92 Å². The minimum absolute atomic E-state index is 0.0821. The molecule has 2 saturated heterocycles. The van der Waals surface area contributed by atoms with Crippen molar-refractivity contribution in [3.05, 3.63) is 0 Å². The van der Waals surface area contributed by atoms with Crippen LogP contribution < -0.4 is 10.6 Å². The van der Waals surface area contributed by atoms with Gasteiger partial charge in [-0.2, -0.15) is 0 Å². The smallest absolute Gasteiger partial charge is 0.317 e. The molecule has 15 heavy (non-hydrogen) atoms. The average molecular weight is 211 g/mol. The molecule has 4 heteroatoms. The Morgan fingerprint density at radius 2 is 2.13 bits per heavy atom. The van der Waals surface area contributed by atoms with Gasteiger partial charge in [-0.3, -0.25) is 0 Å². The molecular weight excluding hydrogens is 190 g/mol. The Morgan fingerprint density at radius 3 is 2.73 bits per heavy atom. The topological polar surface area (TPSA) is 44.4 Å². The van der Waals surface area contributed by atoms with Crippen LogP contribution in [0.5, 0.6) is 0 Å². The Hall–Kier alpha value is -0.770. The van der Waals surface area contributed by atoms with E-state index in [2.05, 4.69) is 10.6 Å². The number of nitrogens with zero attached hydrogens (tertiary/aromatic N) is 1. The van der Waals surface area contributed by atoms with Gasteiger partial charge in [-0.05, 0) is 39.7 Å². The fraction of sp³-hybridized carbons (Fsp3) is 0.909. The molecule has 0 aromatic rings. The summed E-state index contributed by atoms with van der Waals surface area (Å²) in [5.74, 6) is 0.677. The highest BCUT2D eigenvalue weighted by Gasteiger charge is 2.38. The van der Waals surface area contributed by atoms with Crippen molar-refractivity contribution in [1.29, 1.82) is 0 Å². The van der Waals surface area contributed by atoms with Crippen molar-refractivity contribution in [2.45, 2.75) is 38.8 Å². The zero-order valence-corrected chi connectivity index (χ0v) is 9.84. The van der Waals surface area contributed by atoms with E-state index in [-0.39, 0.29) is 11.6 Å². The predicted octanol–water partition coefficient (Wildman–Crippen LogP) is 0.788. The molecular formula is C11H21N3O. The standard InChI is InChI=1S/C11H21N3O/c1-11(2,3)13-10(15)14-6-8-4-5-12-9(8)7-14/h8-9,12H,4-7H2,1-3H3,(H,13,15)/t8-,9+/m0/s1. The van der Waals surface area contributed by atoms with Crippen LogP contribution in [0, 0.1) is 5.92 Å². The van der Waals surface area contributed by atoms with E-state index in [4.69, 9.17) is 0 Å². The van der Waals surface area contributed by atoms with Crippen LogP contribution in [0.3, 0.4) is 0 Å². The normalized spacial score (nSPS) is 30.5. The second-order valence-corrected chi connectivity index (χ2v) is 5.69. The highest BCUT2D eigenvalue weighted by Crippen LogP contribution is 2.24. The van der Waals surface area contributed by atoms with E-state index < -0.39 is 0 Å². The van der Waals surface area contributed by atoms with Gasteiger partial charge in [-0.15, -0.1) is 0 Å². The first-order valence-corrected chi connectivity index (χ1v) is 5.76. The number of hydrogen-bond acceptors (Lipinski definition) is 2. The number of rotatable bonds is 0. The van der Waals surface area contributed by atoms with Gasteiger partial charge in [-0.25, -0.2) is 4.79 Å². The molecule has 2 N–H and O–H groups in total. The van der Waals surface area contributed by atoms with Crippen molar-refractivity contribution >= 4 is 6.03 Å². The molecule has 2 fully saturated rings. The molecule has 0 radical (unpaired) electrons. The Kier molecular flexibility index (Phi) is 2.63. The summed E-state index contributed by atoms with van der Waals surface area (Å²) in [4.78, 5) is 13.8. The van der Waals surface area contributed by atoms with E-state index in [1.807, 2.05) is 25.7 Å². The van der Waals surface area contributed by atoms with Crippen LogP contribution in [0.15, 0.2) is 0 Å². The molecule has 0 aliphatic carbocycles. The Labute approximate surface area is 91.4 Å². The van der Waals surface area contributed by atoms with Gasteiger partial charge in [0.1, 0.15) is 0 Å². The summed E-state index contributed by atoms with van der Waals surface area (Å²) in [6.07, 6.45) is 1.21. The molecule has 2 atom stereocenters. The summed E-state index contributed by atoms with van der Waals surface area (Å²) in [5, 5.41) is 6.45. The predicted molar refractivity (Wildman–Crippen MR) is 59.8 cm³/mol. The number of amides is 2. The number of carbonyl (C=O) groups excluding carboxylic acids is 1. The van der Waals surface area contributed by atoms with Crippen molar-refractivity contribution in [3.8, 4) is 0 Å². The van der Waals surface area contributed by atoms with Gasteiger partial charge in [0.15, 0.2) is 0 Å². The lowest BCUT2D eigenvalue weighted by Crippen LogP contribution is -2.48. The van der Waals surface area contributed by atoms with Crippen LogP contribution in [0.2, 0.25) is 0 Å². The number of fused-ring (bicyclic) bond motifs is 1. The van der Waals surface area contributed by atoms with Gasteiger partial charge in [0.25, 0.3) is 0 Å². The van der Waals surface area contributed by atoms with E-state index in [9.17, 15) is 4.79 Å². The third-order valence-corrected chi connectivity index (χ3v) is 3.13. The maximum Gasteiger partial charge on any atom is 0.317 e. The molecule has 2 aliphatic rings. The van der Waals surface area contributed by atoms with E-state index in [0.29, 0.717) is 12.0 Å². The Bertz CT molecular complexity index is 247. The van der Waals surface area contributed by atoms with E-state index >= 15 is 0 Å². The monoisotopic (exact) mass is 211 g/mol. The Morgan fingerprint density at radius 1 is 1.40 bits per heavy atom. The molecule has 0 spiro atoms. The summed E-state index contributed by atoms with van der Waals surface area (Å²) >= 11 is 0. The summed E-state index contributed by atoms with van der Waals surface area (Å²) in [6, 6.07) is 0.620. The van der Waals surface area contributed by atoms with Crippen molar-refractivity contribution < 1.29 is 4.79 Å². The van der Waals surface area contributed by atoms with Gasteiger partial charge in [0, 0.05) is 24.7 Å². The zero-order valence-electron chi connectivity index (χ0n) is 9.84. The highest BCUT2D eigenvalue weighted by molar-refractivity contribution is 5.75. The Balaban J connectivity index is 1.88. The van der Waals surface area contributed by atoms with E-state index in [1.165, 1.54) is 6.42 Å². The maximum atomic E-state index is 11.9. The van der Waals surface area contributed by atoms with Gasteiger partial charge in [0.2, 0.25) is 0 Å². The molecule has 0 unspecified atom stereocenters. The molecule has 0 bridgehead atoms. The summed E-state index contributed by atoms with van der Waals surface area (Å²) in [7, 11) is 0. The minimum atomic E-state index is -0.137. The van der Waals surface area contributed by atoms with Crippen molar-refractivity contribution in [3.63, 3.8) is 0 Å². The third-order valence-electron chi connectivity index (χ3n) is 3.13. The SMILES string of the molecule is CC(C)(C)NC(=O)N1C[C@@H]2CCN[C@@H]2C1. The van der Waals surface area contributed by atoms with Crippen LogP contribution >= 0.6 is 0 Å². The van der Waals surface area contributed by atoms with Gasteiger partial charge in [-0.1, -0.05) is 0 Å². The number of likely N-dealkylation sites (tertiary alicyclic amines) is 1. The van der Waals surface area contributed by atoms with Crippen LogP contribution in [0.1, 0.15) is 27.2 Å². The first kappa shape index (κ1) is 10.7. The lowest BCUT2D eigenvalue weighted by Gasteiger charge is -2.26. The fourth-order valence-corrected chi connectivity index (χ4v) is 2.41. The first-order chi connectivity index (χ1) is 6.96. The summed E-state index contributed by atoms with van der Waals surface area (Å²) in [6.45, 7) is 8.94. The molecule has 2 heterocycles. The molecule has 0 aromatic carbocycles. The van der Waals surface area contributed by atoms with Gasteiger partial charge < -0.3 is 15.5 Å². The molecule has 2 amide bonds. The second-order valence-electron chi connectivity index (χ2n) is 5.69. The lowest BCUT2D eigenvalue weighted by molar-refractivity contribution is 0.196. The summed E-state index contributed by atoms with van der Waals surface area (Å²) < 4.78 is 0. The highest BCUT2D eigenvalue weighted by atomic mass is 16.2. The molecule has 0 saturated carbocycles. The number of carbonyl (C=O) groups is 1. The minimum Gasteiger partial charge on any atom is -0.333 e. The number of nitrogens with one attached hydrogen (secondary N) is 2. The summed E-state index contributed by atoms with van der Waals surface area (Å²) in [5.41, 5.74) is -0.137. The van der Waals surface area contributed by atoms with Gasteiger partial charge in [0.05, 0.1) is 0 Å². The quantitative estimate of drug-likeness (QED) is 0.622. The number of hydrogen-bond donors (Lipinski definition) is 2. The third kappa shape index (κ3) is 2.43. The van der Waals surface area contributed by atoms with Crippen LogP contribution in [-0.4, -0.2) is 42.1 Å². The molecule has 4 nitrogen and oxygen atoms in total.